The molecule has 0 bridgehead atoms. The maximum Gasteiger partial charge on any atom is 0.0841 e. The van der Waals surface area contributed by atoms with Crippen LogP contribution in [0.3, 0.4) is 0 Å². The molecule has 1 saturated carbocycles. The minimum Gasteiger partial charge on any atom is -0.310 e. The van der Waals surface area contributed by atoms with Gasteiger partial charge in [-0.15, -0.1) is 0 Å². The maximum atomic E-state index is 4.63. The van der Waals surface area contributed by atoms with E-state index in [9.17, 15) is 0 Å². The number of nitrogens with zero attached hydrogens (tertiary/aromatic N) is 2. The Balaban J connectivity index is 1.69. The minimum atomic E-state index is 0.491. The zero-order valence-corrected chi connectivity index (χ0v) is 12.5. The van der Waals surface area contributed by atoms with E-state index in [0.29, 0.717) is 4.75 Å². The fourth-order valence-electron chi connectivity index (χ4n) is 2.85. The van der Waals surface area contributed by atoms with Gasteiger partial charge in [0.2, 0.25) is 0 Å². The Hall–Kier alpha value is -1.00. The normalized spacial score (nSPS) is 17.6. The molecule has 0 unspecified atom stereocenters. The molecule has 3 rings (SSSR count). The van der Waals surface area contributed by atoms with Crippen molar-refractivity contribution >= 4 is 22.7 Å². The lowest BCUT2D eigenvalue weighted by Gasteiger charge is -2.40. The number of para-hydroxylation sites is 1. The number of hydrogen-bond donors (Lipinski definition) is 1. The van der Waals surface area contributed by atoms with Crippen molar-refractivity contribution < 1.29 is 0 Å². The summed E-state index contributed by atoms with van der Waals surface area (Å²) in [6.45, 7) is 1.96. The average Bonchev–Trinajstić information content (AvgIpc) is 2.71. The second-order valence-electron chi connectivity index (χ2n) is 5.43. The van der Waals surface area contributed by atoms with Crippen molar-refractivity contribution in [2.45, 2.75) is 30.6 Å². The number of nitrogens with one attached hydrogen (secondary N) is 1. The van der Waals surface area contributed by atoms with Crippen LogP contribution in [-0.4, -0.2) is 27.3 Å². The van der Waals surface area contributed by atoms with Gasteiger partial charge in [0.05, 0.1) is 11.2 Å². The highest BCUT2D eigenvalue weighted by Crippen LogP contribution is 2.42. The molecule has 1 N–H and O–H groups in total. The molecule has 0 amide bonds. The second-order valence-corrected chi connectivity index (χ2v) is 6.71. The van der Waals surface area contributed by atoms with Crippen molar-refractivity contribution in [2.24, 2.45) is 7.05 Å². The van der Waals surface area contributed by atoms with Gasteiger partial charge in [0.15, 0.2) is 0 Å². The third-order valence-corrected chi connectivity index (χ3v) is 5.69. The fraction of sp³-hybridized carbons (Fsp3) is 0.533. The Morgan fingerprint density at radius 2 is 2.16 bits per heavy atom. The van der Waals surface area contributed by atoms with Gasteiger partial charge in [-0.05, 0) is 25.2 Å². The molecular formula is C15H21N3S. The van der Waals surface area contributed by atoms with Crippen molar-refractivity contribution in [2.75, 3.05) is 12.8 Å². The molecule has 1 heterocycles. The van der Waals surface area contributed by atoms with E-state index in [4.69, 9.17) is 0 Å². The van der Waals surface area contributed by atoms with Gasteiger partial charge in [-0.25, -0.2) is 0 Å². The number of fused-ring (bicyclic) bond motifs is 1. The molecule has 0 spiro atoms. The van der Waals surface area contributed by atoms with Gasteiger partial charge in [-0.3, -0.25) is 4.68 Å². The largest absolute Gasteiger partial charge is 0.310 e. The predicted molar refractivity (Wildman–Crippen MR) is 82.5 cm³/mol. The zero-order chi connectivity index (χ0) is 13.3. The maximum absolute atomic E-state index is 4.63. The Bertz CT molecular complexity index is 566. The van der Waals surface area contributed by atoms with Gasteiger partial charge in [-0.2, -0.15) is 16.9 Å². The first-order chi connectivity index (χ1) is 9.24. The summed E-state index contributed by atoms with van der Waals surface area (Å²) in [5.74, 6) is 0. The molecule has 19 heavy (non-hydrogen) atoms. The number of aromatic nitrogens is 2. The van der Waals surface area contributed by atoms with Gasteiger partial charge in [0, 0.05) is 30.3 Å². The third kappa shape index (κ3) is 2.39. The van der Waals surface area contributed by atoms with Crippen molar-refractivity contribution in [3.63, 3.8) is 0 Å². The van der Waals surface area contributed by atoms with Crippen LogP contribution in [0.25, 0.3) is 10.9 Å². The van der Waals surface area contributed by atoms with Crippen molar-refractivity contribution in [3.05, 3.63) is 30.0 Å². The number of aryl methyl sites for hydroxylation is 1. The summed E-state index contributed by atoms with van der Waals surface area (Å²) in [4.78, 5) is 0. The van der Waals surface area contributed by atoms with Crippen LogP contribution in [0.4, 0.5) is 0 Å². The van der Waals surface area contributed by atoms with Gasteiger partial charge in [0.1, 0.15) is 0 Å². The van der Waals surface area contributed by atoms with Gasteiger partial charge >= 0.3 is 0 Å². The van der Waals surface area contributed by atoms with E-state index >= 15 is 0 Å². The molecule has 0 saturated heterocycles. The van der Waals surface area contributed by atoms with Crippen LogP contribution in [0, 0.1) is 0 Å². The summed E-state index contributed by atoms with van der Waals surface area (Å²) in [6.07, 6.45) is 6.32. The van der Waals surface area contributed by atoms with Crippen LogP contribution in [0.2, 0.25) is 0 Å². The van der Waals surface area contributed by atoms with Crippen LogP contribution in [0.5, 0.6) is 0 Å². The number of rotatable bonds is 5. The molecule has 0 aliphatic heterocycles. The van der Waals surface area contributed by atoms with E-state index in [2.05, 4.69) is 40.9 Å². The van der Waals surface area contributed by atoms with Crippen LogP contribution < -0.4 is 5.32 Å². The third-order valence-electron chi connectivity index (χ3n) is 4.27. The Labute approximate surface area is 118 Å². The van der Waals surface area contributed by atoms with Gasteiger partial charge in [0.25, 0.3) is 0 Å². The first-order valence-electron chi connectivity index (χ1n) is 6.91. The SMILES string of the molecule is CSC1(CNCc2nn(C)c3ccccc23)CCC1. The topological polar surface area (TPSA) is 29.9 Å². The Morgan fingerprint density at radius 1 is 1.37 bits per heavy atom. The van der Waals surface area contributed by atoms with Crippen LogP contribution in [-0.2, 0) is 13.6 Å². The monoisotopic (exact) mass is 275 g/mol. The molecule has 1 aliphatic rings. The lowest BCUT2D eigenvalue weighted by atomic mass is 9.84. The number of benzene rings is 1. The zero-order valence-electron chi connectivity index (χ0n) is 11.6. The smallest absolute Gasteiger partial charge is 0.0841 e. The van der Waals surface area contributed by atoms with Gasteiger partial charge in [-0.1, -0.05) is 24.6 Å². The summed E-state index contributed by atoms with van der Waals surface area (Å²) in [6, 6.07) is 8.44. The van der Waals surface area contributed by atoms with E-state index in [0.717, 1.165) is 18.8 Å². The Kier molecular flexibility index (Phi) is 3.54. The molecule has 1 aromatic carbocycles. The van der Waals surface area contributed by atoms with Crippen LogP contribution in [0.15, 0.2) is 24.3 Å². The minimum absolute atomic E-state index is 0.491. The lowest BCUT2D eigenvalue weighted by molar-refractivity contribution is 0.345. The molecule has 4 heteroatoms. The summed E-state index contributed by atoms with van der Waals surface area (Å²) in [7, 11) is 2.02. The number of thioether (sulfide) groups is 1. The highest BCUT2D eigenvalue weighted by Gasteiger charge is 2.35. The molecule has 102 valence electrons. The van der Waals surface area contributed by atoms with Crippen LogP contribution >= 0.6 is 11.8 Å². The van der Waals surface area contributed by atoms with E-state index in [1.807, 2.05) is 23.5 Å². The fourth-order valence-corrected chi connectivity index (χ4v) is 3.80. The van der Waals surface area contributed by atoms with Crippen molar-refractivity contribution in [1.82, 2.24) is 15.1 Å². The second kappa shape index (κ2) is 5.17. The molecular weight excluding hydrogens is 254 g/mol. The standard InChI is InChI=1S/C15H21N3S/c1-18-14-7-4-3-6-12(14)13(17-18)10-16-11-15(19-2)8-5-9-15/h3-4,6-7,16H,5,8-11H2,1-2H3. The van der Waals surface area contributed by atoms with E-state index < -0.39 is 0 Å². The van der Waals surface area contributed by atoms with Crippen LogP contribution in [0.1, 0.15) is 25.0 Å². The predicted octanol–water partition coefficient (Wildman–Crippen LogP) is 2.95. The highest BCUT2D eigenvalue weighted by atomic mass is 32.2. The average molecular weight is 275 g/mol. The van der Waals surface area contributed by atoms with Crippen molar-refractivity contribution in [1.29, 1.82) is 0 Å². The molecule has 1 fully saturated rings. The summed E-state index contributed by atoms with van der Waals surface area (Å²) in [5.41, 5.74) is 2.37. The molecule has 3 nitrogen and oxygen atoms in total. The Morgan fingerprint density at radius 3 is 2.84 bits per heavy atom. The van der Waals surface area contributed by atoms with Crippen molar-refractivity contribution in [3.8, 4) is 0 Å². The summed E-state index contributed by atoms with van der Waals surface area (Å²) in [5, 5.41) is 9.50. The van der Waals surface area contributed by atoms with E-state index in [-0.39, 0.29) is 0 Å². The molecule has 2 aromatic rings. The molecule has 0 radical (unpaired) electrons. The first kappa shape index (κ1) is 13.0. The summed E-state index contributed by atoms with van der Waals surface area (Å²) >= 11 is 2.01. The first-order valence-corrected chi connectivity index (χ1v) is 8.13. The molecule has 0 atom stereocenters. The van der Waals surface area contributed by atoms with Gasteiger partial charge < -0.3 is 5.32 Å². The molecule has 1 aliphatic carbocycles. The molecule has 1 aromatic heterocycles. The lowest BCUT2D eigenvalue weighted by Crippen LogP contribution is -2.43. The summed E-state index contributed by atoms with van der Waals surface area (Å²) < 4.78 is 2.46. The highest BCUT2D eigenvalue weighted by molar-refractivity contribution is 8.00. The van der Waals surface area contributed by atoms with E-state index in [1.54, 1.807) is 0 Å². The number of hydrogen-bond acceptors (Lipinski definition) is 3. The quantitative estimate of drug-likeness (QED) is 0.910. The van der Waals surface area contributed by atoms with E-state index in [1.165, 1.54) is 30.2 Å².